The highest BCUT2D eigenvalue weighted by atomic mass is 14.9. The van der Waals surface area contributed by atoms with E-state index < -0.39 is 0 Å². The van der Waals surface area contributed by atoms with E-state index in [1.807, 2.05) is 0 Å². The zero-order valence-corrected chi connectivity index (χ0v) is 26.4. The molecule has 0 saturated carbocycles. The summed E-state index contributed by atoms with van der Waals surface area (Å²) < 4.78 is 0. The number of nitrogens with one attached hydrogen (secondary N) is 2. The van der Waals surface area contributed by atoms with E-state index >= 15 is 0 Å². The van der Waals surface area contributed by atoms with Crippen LogP contribution in [0.5, 0.6) is 0 Å². The molecule has 0 bridgehead atoms. The van der Waals surface area contributed by atoms with Crippen LogP contribution in [-0.4, -0.2) is 0 Å². The molecule has 0 unspecified atom stereocenters. The minimum absolute atomic E-state index is 1.05. The van der Waals surface area contributed by atoms with Crippen LogP contribution < -0.4 is 10.6 Å². The Morgan fingerprint density at radius 2 is 0.674 bits per heavy atom. The fraction of sp³-hybridized carbons (Fsp3) is 0.0909. The summed E-state index contributed by atoms with van der Waals surface area (Å²) in [4.78, 5) is 0. The molecule has 8 rings (SSSR count). The molecule has 0 aromatic heterocycles. The highest BCUT2D eigenvalue weighted by Gasteiger charge is 2.13. The maximum atomic E-state index is 3.70. The smallest absolute Gasteiger partial charge is 0.0470 e. The number of benzene rings is 8. The van der Waals surface area contributed by atoms with Crippen LogP contribution in [-0.2, 0) is 12.8 Å². The first-order valence-electron chi connectivity index (χ1n) is 16.2. The van der Waals surface area contributed by atoms with E-state index in [9.17, 15) is 0 Å². The average Bonchev–Trinajstić information content (AvgIpc) is 3.13. The number of rotatable bonds is 6. The molecular formula is C44H38N2. The van der Waals surface area contributed by atoms with Gasteiger partial charge in [-0.3, -0.25) is 0 Å². The summed E-state index contributed by atoms with van der Waals surface area (Å²) in [6, 6.07) is 56.2. The van der Waals surface area contributed by atoms with Crippen LogP contribution in [0, 0.1) is 0 Å². The summed E-state index contributed by atoms with van der Waals surface area (Å²) in [6.07, 6.45) is 2.09. The van der Waals surface area contributed by atoms with Gasteiger partial charge in [-0.1, -0.05) is 135 Å². The molecule has 2 heteroatoms. The SMILES string of the molecule is CCc1ccc(Nc2cc3c4ccccc4c(Nc4ccc(CC)cc4)cc3c3ccccc23)cc1.c1ccc2ccccc2c1. The van der Waals surface area contributed by atoms with Gasteiger partial charge in [0.1, 0.15) is 0 Å². The first-order chi connectivity index (χ1) is 22.7. The lowest BCUT2D eigenvalue weighted by Crippen LogP contribution is -1.96. The van der Waals surface area contributed by atoms with Crippen LogP contribution in [0.15, 0.2) is 158 Å². The molecule has 0 atom stereocenters. The fourth-order valence-electron chi connectivity index (χ4n) is 6.25. The molecule has 0 spiro atoms. The topological polar surface area (TPSA) is 24.1 Å². The van der Waals surface area contributed by atoms with Crippen molar-refractivity contribution in [2.45, 2.75) is 26.7 Å². The third-order valence-corrected chi connectivity index (χ3v) is 8.82. The molecule has 0 saturated heterocycles. The molecule has 0 aliphatic carbocycles. The van der Waals surface area contributed by atoms with E-state index in [-0.39, 0.29) is 0 Å². The third kappa shape index (κ3) is 6.03. The molecule has 224 valence electrons. The molecule has 0 radical (unpaired) electrons. The Hall–Kier alpha value is -5.60. The van der Waals surface area contributed by atoms with Crippen molar-refractivity contribution in [3.05, 3.63) is 169 Å². The third-order valence-electron chi connectivity index (χ3n) is 8.82. The number of hydrogen-bond donors (Lipinski definition) is 2. The van der Waals surface area contributed by atoms with Crippen molar-refractivity contribution in [1.29, 1.82) is 0 Å². The highest BCUT2D eigenvalue weighted by molar-refractivity contribution is 6.23. The lowest BCUT2D eigenvalue weighted by atomic mass is 9.94. The molecule has 8 aromatic rings. The van der Waals surface area contributed by atoms with Crippen LogP contribution in [0.2, 0.25) is 0 Å². The van der Waals surface area contributed by atoms with Gasteiger partial charge in [0.05, 0.1) is 0 Å². The van der Waals surface area contributed by atoms with Gasteiger partial charge >= 0.3 is 0 Å². The van der Waals surface area contributed by atoms with E-state index in [0.29, 0.717) is 0 Å². The molecule has 0 aliphatic heterocycles. The van der Waals surface area contributed by atoms with E-state index in [4.69, 9.17) is 0 Å². The zero-order chi connectivity index (χ0) is 31.3. The van der Waals surface area contributed by atoms with Gasteiger partial charge in [0, 0.05) is 33.5 Å². The lowest BCUT2D eigenvalue weighted by Gasteiger charge is -2.17. The summed E-state index contributed by atoms with van der Waals surface area (Å²) in [5.74, 6) is 0. The van der Waals surface area contributed by atoms with Crippen molar-refractivity contribution in [2.24, 2.45) is 0 Å². The lowest BCUT2D eigenvalue weighted by molar-refractivity contribution is 1.14. The van der Waals surface area contributed by atoms with Crippen LogP contribution in [0.1, 0.15) is 25.0 Å². The molecule has 8 aromatic carbocycles. The Morgan fingerprint density at radius 3 is 1.02 bits per heavy atom. The molecule has 0 fully saturated rings. The number of anilines is 4. The largest absolute Gasteiger partial charge is 0.355 e. The summed E-state index contributed by atoms with van der Waals surface area (Å²) in [5.41, 5.74) is 7.16. The van der Waals surface area contributed by atoms with Gasteiger partial charge in [0.25, 0.3) is 0 Å². The summed E-state index contributed by atoms with van der Waals surface area (Å²) in [5, 5.41) is 17.5. The van der Waals surface area contributed by atoms with E-state index in [1.165, 1.54) is 54.2 Å². The van der Waals surface area contributed by atoms with Crippen molar-refractivity contribution in [1.82, 2.24) is 0 Å². The summed E-state index contributed by atoms with van der Waals surface area (Å²) in [7, 11) is 0. The second-order valence-corrected chi connectivity index (χ2v) is 11.7. The molecule has 0 heterocycles. The quantitative estimate of drug-likeness (QED) is 0.187. The normalized spacial score (nSPS) is 11.0. The molecule has 0 aliphatic rings. The second kappa shape index (κ2) is 13.2. The van der Waals surface area contributed by atoms with Gasteiger partial charge in [-0.25, -0.2) is 0 Å². The Bertz CT molecular complexity index is 2070. The second-order valence-electron chi connectivity index (χ2n) is 11.7. The summed E-state index contributed by atoms with van der Waals surface area (Å²) in [6.45, 7) is 4.38. The van der Waals surface area contributed by atoms with Crippen LogP contribution >= 0.6 is 0 Å². The van der Waals surface area contributed by atoms with Crippen LogP contribution in [0.3, 0.4) is 0 Å². The number of hydrogen-bond acceptors (Lipinski definition) is 2. The van der Waals surface area contributed by atoms with Crippen molar-refractivity contribution < 1.29 is 0 Å². The Morgan fingerprint density at radius 1 is 0.348 bits per heavy atom. The minimum Gasteiger partial charge on any atom is -0.355 e. The van der Waals surface area contributed by atoms with Gasteiger partial charge < -0.3 is 10.6 Å². The van der Waals surface area contributed by atoms with E-state index in [2.05, 4.69) is 182 Å². The molecule has 0 amide bonds. The molecular weight excluding hydrogens is 556 g/mol. The van der Waals surface area contributed by atoms with Crippen molar-refractivity contribution in [3.8, 4) is 0 Å². The summed E-state index contributed by atoms with van der Waals surface area (Å²) >= 11 is 0. The Balaban J connectivity index is 0.000000286. The molecule has 2 nitrogen and oxygen atoms in total. The van der Waals surface area contributed by atoms with Crippen molar-refractivity contribution in [3.63, 3.8) is 0 Å². The predicted octanol–water partition coefficient (Wildman–Crippen LogP) is 12.6. The van der Waals surface area contributed by atoms with Gasteiger partial charge in [0.2, 0.25) is 0 Å². The van der Waals surface area contributed by atoms with Gasteiger partial charge in [-0.2, -0.15) is 0 Å². The number of aryl methyl sites for hydroxylation is 2. The van der Waals surface area contributed by atoms with Crippen LogP contribution in [0.4, 0.5) is 22.7 Å². The van der Waals surface area contributed by atoms with Gasteiger partial charge in [0.15, 0.2) is 0 Å². The average molecular weight is 595 g/mol. The first-order valence-corrected chi connectivity index (χ1v) is 16.2. The molecule has 2 N–H and O–H groups in total. The van der Waals surface area contributed by atoms with Gasteiger partial charge in [-0.05, 0) is 92.7 Å². The maximum absolute atomic E-state index is 3.70. The standard InChI is InChI=1S/C34H30N2.C10H8/c1-3-23-13-17-25(18-14-23)35-33-21-31-28-10-6-8-12-30(28)34(36-26-19-15-24(4-2)16-20-26)22-32(31)27-9-5-7-11-29(27)33;1-2-6-10-8-4-3-7-9(10)5-1/h5-22,35-36H,3-4H2,1-2H3;1-8H. The van der Waals surface area contributed by atoms with Crippen molar-refractivity contribution in [2.75, 3.05) is 10.6 Å². The Kier molecular flexibility index (Phi) is 8.34. The predicted molar refractivity (Wildman–Crippen MR) is 201 cm³/mol. The fourth-order valence-corrected chi connectivity index (χ4v) is 6.25. The molecule has 46 heavy (non-hydrogen) atoms. The highest BCUT2D eigenvalue weighted by Crippen LogP contribution is 2.40. The monoisotopic (exact) mass is 594 g/mol. The maximum Gasteiger partial charge on any atom is 0.0470 e. The minimum atomic E-state index is 1.05. The first kappa shape index (κ1) is 29.1. The zero-order valence-electron chi connectivity index (χ0n) is 26.4. The van der Waals surface area contributed by atoms with Gasteiger partial charge in [-0.15, -0.1) is 0 Å². The van der Waals surface area contributed by atoms with Crippen LogP contribution in [0.25, 0.3) is 43.1 Å². The van der Waals surface area contributed by atoms with E-state index in [1.54, 1.807) is 0 Å². The Labute approximate surface area is 271 Å². The van der Waals surface area contributed by atoms with Crippen molar-refractivity contribution >= 4 is 65.8 Å². The van der Waals surface area contributed by atoms with E-state index in [0.717, 1.165) is 35.6 Å². The number of fused-ring (bicyclic) bond motifs is 6.